The summed E-state index contributed by atoms with van der Waals surface area (Å²) in [6.45, 7) is 2.10. The minimum atomic E-state index is -3.49. The SMILES string of the molecule is CCCCCCCCCCCCc1ccc(S(=O)(=O)NCCO)cc1. The minimum Gasteiger partial charge on any atom is -0.395 e. The molecular formula is C20H35NO3S. The van der Waals surface area contributed by atoms with E-state index in [1.807, 2.05) is 12.1 Å². The zero-order valence-electron chi connectivity index (χ0n) is 15.7. The maximum atomic E-state index is 11.9. The van der Waals surface area contributed by atoms with E-state index in [0.717, 1.165) is 12.8 Å². The van der Waals surface area contributed by atoms with Crippen LogP contribution >= 0.6 is 0 Å². The van der Waals surface area contributed by atoms with Crippen LogP contribution in [-0.4, -0.2) is 26.7 Å². The highest BCUT2D eigenvalue weighted by molar-refractivity contribution is 7.89. The summed E-state index contributed by atoms with van der Waals surface area (Å²) in [7, 11) is -3.49. The highest BCUT2D eigenvalue weighted by Crippen LogP contribution is 2.14. The van der Waals surface area contributed by atoms with Gasteiger partial charge in [-0.3, -0.25) is 0 Å². The van der Waals surface area contributed by atoms with E-state index < -0.39 is 10.0 Å². The summed E-state index contributed by atoms with van der Waals surface area (Å²) in [6, 6.07) is 7.07. The van der Waals surface area contributed by atoms with Crippen LogP contribution in [0.5, 0.6) is 0 Å². The molecule has 25 heavy (non-hydrogen) atoms. The van der Waals surface area contributed by atoms with Crippen LogP contribution in [0, 0.1) is 0 Å². The number of sulfonamides is 1. The molecule has 1 aromatic rings. The van der Waals surface area contributed by atoms with Gasteiger partial charge >= 0.3 is 0 Å². The lowest BCUT2D eigenvalue weighted by molar-refractivity contribution is 0.301. The number of benzene rings is 1. The summed E-state index contributed by atoms with van der Waals surface area (Å²) in [6.07, 6.45) is 14.2. The van der Waals surface area contributed by atoms with Gasteiger partial charge in [-0.1, -0.05) is 76.8 Å². The molecule has 4 nitrogen and oxygen atoms in total. The summed E-state index contributed by atoms with van der Waals surface area (Å²) < 4.78 is 26.2. The molecular weight excluding hydrogens is 334 g/mol. The fraction of sp³-hybridized carbons (Fsp3) is 0.700. The molecule has 0 unspecified atom stereocenters. The Balaban J connectivity index is 2.16. The highest BCUT2D eigenvalue weighted by atomic mass is 32.2. The fourth-order valence-corrected chi connectivity index (χ4v) is 3.94. The quantitative estimate of drug-likeness (QED) is 0.450. The standard InChI is InChI=1S/C20H35NO3S/c1-2-3-4-5-6-7-8-9-10-11-12-19-13-15-20(16-14-19)25(23,24)21-17-18-22/h13-16,21-22H,2-12,17-18H2,1H3. The Labute approximate surface area is 154 Å². The van der Waals surface area contributed by atoms with Crippen molar-refractivity contribution in [1.82, 2.24) is 4.72 Å². The fourth-order valence-electron chi connectivity index (χ4n) is 2.92. The molecule has 0 aliphatic carbocycles. The van der Waals surface area contributed by atoms with E-state index in [-0.39, 0.29) is 18.0 Å². The van der Waals surface area contributed by atoms with Crippen LogP contribution in [0.25, 0.3) is 0 Å². The lowest BCUT2D eigenvalue weighted by Gasteiger charge is -2.07. The van der Waals surface area contributed by atoms with Gasteiger partial charge in [-0.25, -0.2) is 13.1 Å². The Kier molecular flexibility index (Phi) is 11.8. The van der Waals surface area contributed by atoms with E-state index in [9.17, 15) is 8.42 Å². The molecule has 0 radical (unpaired) electrons. The van der Waals surface area contributed by atoms with Crippen LogP contribution in [-0.2, 0) is 16.4 Å². The normalized spacial score (nSPS) is 11.8. The van der Waals surface area contributed by atoms with Gasteiger partial charge in [0.25, 0.3) is 0 Å². The van der Waals surface area contributed by atoms with Crippen molar-refractivity contribution in [3.63, 3.8) is 0 Å². The average Bonchev–Trinajstić information content (AvgIpc) is 2.62. The Bertz CT molecular complexity index is 541. The smallest absolute Gasteiger partial charge is 0.240 e. The summed E-state index contributed by atoms with van der Waals surface area (Å²) >= 11 is 0. The molecule has 0 saturated heterocycles. The topological polar surface area (TPSA) is 66.4 Å². The molecule has 1 rings (SSSR count). The second-order valence-corrected chi connectivity index (χ2v) is 8.46. The number of hydrogen-bond acceptors (Lipinski definition) is 3. The number of hydrogen-bond donors (Lipinski definition) is 2. The molecule has 0 spiro atoms. The van der Waals surface area contributed by atoms with Crippen LogP contribution in [0.3, 0.4) is 0 Å². The molecule has 0 saturated carbocycles. The van der Waals surface area contributed by atoms with Crippen molar-refractivity contribution < 1.29 is 13.5 Å². The maximum absolute atomic E-state index is 11.9. The largest absolute Gasteiger partial charge is 0.395 e. The van der Waals surface area contributed by atoms with Crippen LogP contribution in [0.4, 0.5) is 0 Å². The Morgan fingerprint density at radius 3 is 1.88 bits per heavy atom. The van der Waals surface area contributed by atoms with Gasteiger partial charge in [0.2, 0.25) is 10.0 Å². The van der Waals surface area contributed by atoms with Gasteiger partial charge in [0.15, 0.2) is 0 Å². The van der Waals surface area contributed by atoms with Crippen LogP contribution < -0.4 is 4.72 Å². The van der Waals surface area contributed by atoms with Gasteiger partial charge in [0.05, 0.1) is 11.5 Å². The third-order valence-corrected chi connectivity index (χ3v) is 5.93. The van der Waals surface area contributed by atoms with Crippen molar-refractivity contribution in [2.24, 2.45) is 0 Å². The molecule has 0 aromatic heterocycles. The predicted octanol–water partition coefficient (Wildman–Crippen LogP) is 4.42. The van der Waals surface area contributed by atoms with Crippen LogP contribution in [0.15, 0.2) is 29.2 Å². The lowest BCUT2D eigenvalue weighted by Crippen LogP contribution is -2.26. The van der Waals surface area contributed by atoms with E-state index in [2.05, 4.69) is 11.6 Å². The number of nitrogens with one attached hydrogen (secondary N) is 1. The number of aryl methyl sites for hydroxylation is 1. The molecule has 144 valence electrons. The van der Waals surface area contributed by atoms with Gasteiger partial charge < -0.3 is 5.11 Å². The van der Waals surface area contributed by atoms with Crippen molar-refractivity contribution >= 4 is 10.0 Å². The van der Waals surface area contributed by atoms with Crippen LogP contribution in [0.2, 0.25) is 0 Å². The molecule has 0 fully saturated rings. The number of aliphatic hydroxyl groups is 1. The molecule has 0 aliphatic heterocycles. The van der Waals surface area contributed by atoms with Gasteiger partial charge in [0, 0.05) is 6.54 Å². The van der Waals surface area contributed by atoms with Gasteiger partial charge in [-0.05, 0) is 30.5 Å². The first-order valence-electron chi connectivity index (χ1n) is 9.79. The summed E-state index contributed by atoms with van der Waals surface area (Å²) in [5.74, 6) is 0. The lowest BCUT2D eigenvalue weighted by atomic mass is 10.0. The van der Waals surface area contributed by atoms with Crippen molar-refractivity contribution in [1.29, 1.82) is 0 Å². The predicted molar refractivity (Wildman–Crippen MR) is 104 cm³/mol. The van der Waals surface area contributed by atoms with Gasteiger partial charge in [-0.15, -0.1) is 0 Å². The molecule has 2 N–H and O–H groups in total. The van der Waals surface area contributed by atoms with Gasteiger partial charge in [-0.2, -0.15) is 0 Å². The van der Waals surface area contributed by atoms with Crippen LogP contribution in [0.1, 0.15) is 76.7 Å². The minimum absolute atomic E-state index is 0.0443. The molecule has 0 aliphatic rings. The van der Waals surface area contributed by atoms with Crippen molar-refractivity contribution in [3.05, 3.63) is 29.8 Å². The summed E-state index contributed by atoms with van der Waals surface area (Å²) in [4.78, 5) is 0.257. The van der Waals surface area contributed by atoms with Crippen molar-refractivity contribution in [2.75, 3.05) is 13.2 Å². The summed E-state index contributed by atoms with van der Waals surface area (Å²) in [5, 5.41) is 8.72. The number of unbranched alkanes of at least 4 members (excludes halogenated alkanes) is 9. The molecule has 0 heterocycles. The molecule has 1 aromatic carbocycles. The van der Waals surface area contributed by atoms with Crippen molar-refractivity contribution in [2.45, 2.75) is 82.4 Å². The van der Waals surface area contributed by atoms with Gasteiger partial charge in [0.1, 0.15) is 0 Å². The first-order chi connectivity index (χ1) is 12.1. The molecule has 5 heteroatoms. The molecule has 0 bridgehead atoms. The highest BCUT2D eigenvalue weighted by Gasteiger charge is 2.12. The Morgan fingerprint density at radius 1 is 0.840 bits per heavy atom. The average molecular weight is 370 g/mol. The van der Waals surface area contributed by atoms with Crippen molar-refractivity contribution in [3.8, 4) is 0 Å². The second kappa shape index (κ2) is 13.3. The third kappa shape index (κ3) is 9.97. The van der Waals surface area contributed by atoms with E-state index in [1.165, 1.54) is 63.4 Å². The summed E-state index contributed by atoms with van der Waals surface area (Å²) in [5.41, 5.74) is 1.18. The van der Waals surface area contributed by atoms with E-state index >= 15 is 0 Å². The van der Waals surface area contributed by atoms with E-state index in [1.54, 1.807) is 12.1 Å². The monoisotopic (exact) mass is 369 g/mol. The Morgan fingerprint density at radius 2 is 1.36 bits per heavy atom. The maximum Gasteiger partial charge on any atom is 0.240 e. The Hall–Kier alpha value is -0.910. The first-order valence-corrected chi connectivity index (χ1v) is 11.3. The zero-order valence-corrected chi connectivity index (χ0v) is 16.5. The number of aliphatic hydroxyl groups excluding tert-OH is 1. The first kappa shape index (κ1) is 22.1. The zero-order chi connectivity index (χ0) is 18.4. The van der Waals surface area contributed by atoms with E-state index in [4.69, 9.17) is 5.11 Å². The molecule has 0 amide bonds. The third-order valence-electron chi connectivity index (χ3n) is 4.46. The number of rotatable bonds is 15. The molecule has 0 atom stereocenters. The van der Waals surface area contributed by atoms with E-state index in [0.29, 0.717) is 0 Å². The second-order valence-electron chi connectivity index (χ2n) is 6.70.